The zero-order valence-corrected chi connectivity index (χ0v) is 10.8. The van der Waals surface area contributed by atoms with E-state index in [1.54, 1.807) is 0 Å². The van der Waals surface area contributed by atoms with E-state index in [2.05, 4.69) is 5.32 Å². The monoisotopic (exact) mass is 265 g/mol. The van der Waals surface area contributed by atoms with Crippen molar-refractivity contribution in [2.75, 3.05) is 0 Å². The third-order valence-electron chi connectivity index (χ3n) is 2.67. The summed E-state index contributed by atoms with van der Waals surface area (Å²) < 4.78 is 24.4. The minimum absolute atomic E-state index is 0.292. The van der Waals surface area contributed by atoms with E-state index in [-0.39, 0.29) is 5.92 Å². The highest BCUT2D eigenvalue weighted by Crippen LogP contribution is 2.14. The van der Waals surface area contributed by atoms with E-state index < -0.39 is 30.8 Å². The molecule has 0 saturated carbocycles. The smallest absolute Gasteiger partial charge is 0.326 e. The molecule has 0 aliphatic heterocycles. The number of rotatable bonds is 9. The van der Waals surface area contributed by atoms with Crippen molar-refractivity contribution in [1.29, 1.82) is 0 Å². The van der Waals surface area contributed by atoms with E-state index in [0.29, 0.717) is 12.8 Å². The summed E-state index contributed by atoms with van der Waals surface area (Å²) in [5, 5.41) is 11.0. The fourth-order valence-electron chi connectivity index (χ4n) is 1.79. The Bertz CT molecular complexity index is 266. The Hall–Kier alpha value is -1.20. The van der Waals surface area contributed by atoms with Gasteiger partial charge in [0.25, 0.3) is 0 Å². The van der Waals surface area contributed by atoms with Gasteiger partial charge < -0.3 is 10.4 Å². The van der Waals surface area contributed by atoms with Crippen LogP contribution in [-0.4, -0.2) is 29.5 Å². The highest BCUT2D eigenvalue weighted by molar-refractivity contribution is 5.84. The van der Waals surface area contributed by atoms with E-state index in [0.717, 1.165) is 12.8 Å². The molecule has 0 aliphatic carbocycles. The first-order valence-corrected chi connectivity index (χ1v) is 6.23. The molecule has 0 heterocycles. The van der Waals surface area contributed by atoms with Crippen molar-refractivity contribution in [2.24, 2.45) is 5.92 Å². The first-order chi connectivity index (χ1) is 8.42. The van der Waals surface area contributed by atoms with Crippen molar-refractivity contribution in [2.45, 2.75) is 58.4 Å². The molecule has 0 fully saturated rings. The molecule has 0 aromatic heterocycles. The molecule has 0 spiro atoms. The number of carbonyl (C=O) groups excluding carboxylic acids is 1. The van der Waals surface area contributed by atoms with Crippen LogP contribution in [0.3, 0.4) is 0 Å². The molecule has 0 saturated heterocycles. The molecule has 0 bridgehead atoms. The number of carboxylic acids is 1. The van der Waals surface area contributed by atoms with Crippen molar-refractivity contribution in [3.8, 4) is 0 Å². The number of halogens is 2. The predicted molar refractivity (Wildman–Crippen MR) is 63.5 cm³/mol. The zero-order chi connectivity index (χ0) is 14.1. The molecular weight excluding hydrogens is 244 g/mol. The van der Waals surface area contributed by atoms with Gasteiger partial charge in [0.15, 0.2) is 0 Å². The van der Waals surface area contributed by atoms with Crippen LogP contribution in [0, 0.1) is 5.92 Å². The summed E-state index contributed by atoms with van der Waals surface area (Å²) in [5.74, 6) is -2.15. The molecule has 0 aliphatic rings. The van der Waals surface area contributed by atoms with Gasteiger partial charge in [-0.05, 0) is 12.8 Å². The fourth-order valence-corrected chi connectivity index (χ4v) is 1.79. The normalized spacial score (nSPS) is 12.8. The Labute approximate surface area is 106 Å². The lowest BCUT2D eigenvalue weighted by Crippen LogP contribution is -2.44. The maximum atomic E-state index is 12.2. The molecule has 1 atom stereocenters. The first kappa shape index (κ1) is 16.8. The van der Waals surface area contributed by atoms with Gasteiger partial charge in [-0.25, -0.2) is 13.6 Å². The first-order valence-electron chi connectivity index (χ1n) is 6.23. The molecule has 1 unspecified atom stereocenters. The molecule has 18 heavy (non-hydrogen) atoms. The summed E-state index contributed by atoms with van der Waals surface area (Å²) >= 11 is 0. The van der Waals surface area contributed by atoms with E-state index in [4.69, 9.17) is 5.11 Å². The second-order valence-electron chi connectivity index (χ2n) is 4.30. The summed E-state index contributed by atoms with van der Waals surface area (Å²) in [6.07, 6.45) is -0.731. The molecule has 0 aromatic carbocycles. The van der Waals surface area contributed by atoms with Crippen molar-refractivity contribution < 1.29 is 23.5 Å². The van der Waals surface area contributed by atoms with Gasteiger partial charge in [0.2, 0.25) is 12.3 Å². The number of carbonyl (C=O) groups is 2. The molecular formula is C12H21F2NO3. The van der Waals surface area contributed by atoms with Crippen LogP contribution in [0.1, 0.15) is 46.0 Å². The Kier molecular flexibility index (Phi) is 8.24. The molecule has 1 amide bonds. The van der Waals surface area contributed by atoms with Gasteiger partial charge in [0.1, 0.15) is 6.04 Å². The number of hydrogen-bond acceptors (Lipinski definition) is 2. The summed E-state index contributed by atoms with van der Waals surface area (Å²) in [4.78, 5) is 22.6. The summed E-state index contributed by atoms with van der Waals surface area (Å²) in [6, 6.07) is -1.51. The highest BCUT2D eigenvalue weighted by atomic mass is 19.3. The number of hydrogen-bond donors (Lipinski definition) is 2. The Morgan fingerprint density at radius 2 is 1.67 bits per heavy atom. The molecule has 0 aromatic rings. The second kappa shape index (κ2) is 8.83. The maximum absolute atomic E-state index is 12.2. The van der Waals surface area contributed by atoms with Crippen LogP contribution in [0.2, 0.25) is 0 Å². The number of carboxylic acid groups (broad SMARTS) is 1. The van der Waals surface area contributed by atoms with Crippen molar-refractivity contribution in [1.82, 2.24) is 5.32 Å². The van der Waals surface area contributed by atoms with Gasteiger partial charge in [-0.2, -0.15) is 0 Å². The fraction of sp³-hybridized carbons (Fsp3) is 0.833. The predicted octanol–water partition coefficient (Wildman–Crippen LogP) is 2.43. The van der Waals surface area contributed by atoms with Crippen LogP contribution < -0.4 is 5.32 Å². The minimum Gasteiger partial charge on any atom is -0.480 e. The largest absolute Gasteiger partial charge is 0.480 e. The molecule has 4 nitrogen and oxygen atoms in total. The standard InChI is InChI=1S/C12H21F2NO3/c1-3-5-8(6-4-2)11(16)15-9(12(17)18)7-10(13)14/h8-10H,3-7H2,1-2H3,(H,15,16)(H,17,18). The third kappa shape index (κ3) is 6.51. The van der Waals surface area contributed by atoms with Gasteiger partial charge in [-0.15, -0.1) is 0 Å². The number of aliphatic carboxylic acids is 1. The average Bonchev–Trinajstić information content (AvgIpc) is 2.27. The van der Waals surface area contributed by atoms with Gasteiger partial charge in [-0.1, -0.05) is 26.7 Å². The average molecular weight is 265 g/mol. The number of alkyl halides is 2. The van der Waals surface area contributed by atoms with E-state index in [9.17, 15) is 18.4 Å². The zero-order valence-electron chi connectivity index (χ0n) is 10.8. The molecule has 106 valence electrons. The number of nitrogens with one attached hydrogen (secondary N) is 1. The van der Waals surface area contributed by atoms with Crippen LogP contribution in [-0.2, 0) is 9.59 Å². The topological polar surface area (TPSA) is 66.4 Å². The van der Waals surface area contributed by atoms with Crippen LogP contribution in [0.15, 0.2) is 0 Å². The second-order valence-corrected chi connectivity index (χ2v) is 4.30. The lowest BCUT2D eigenvalue weighted by molar-refractivity contribution is -0.143. The minimum atomic E-state index is -2.75. The maximum Gasteiger partial charge on any atom is 0.326 e. The Balaban J connectivity index is 4.49. The quantitative estimate of drug-likeness (QED) is 0.673. The molecule has 0 rings (SSSR count). The molecule has 0 radical (unpaired) electrons. The molecule has 2 N–H and O–H groups in total. The third-order valence-corrected chi connectivity index (χ3v) is 2.67. The van der Waals surface area contributed by atoms with E-state index in [1.807, 2.05) is 13.8 Å². The number of amides is 1. The Morgan fingerprint density at radius 3 is 2.00 bits per heavy atom. The summed E-state index contributed by atoms with van der Waals surface area (Å²) in [7, 11) is 0. The van der Waals surface area contributed by atoms with Crippen molar-refractivity contribution >= 4 is 11.9 Å². The SMILES string of the molecule is CCCC(CCC)C(=O)NC(CC(F)F)C(=O)O. The van der Waals surface area contributed by atoms with Crippen LogP contribution in [0.5, 0.6) is 0 Å². The van der Waals surface area contributed by atoms with Gasteiger partial charge >= 0.3 is 5.97 Å². The van der Waals surface area contributed by atoms with Gasteiger partial charge in [0, 0.05) is 12.3 Å². The van der Waals surface area contributed by atoms with Crippen LogP contribution in [0.25, 0.3) is 0 Å². The summed E-state index contributed by atoms with van der Waals surface area (Å²) in [6.45, 7) is 3.84. The van der Waals surface area contributed by atoms with Gasteiger partial charge in [0.05, 0.1) is 0 Å². The molecule has 6 heteroatoms. The van der Waals surface area contributed by atoms with Gasteiger partial charge in [-0.3, -0.25) is 4.79 Å². The van der Waals surface area contributed by atoms with Crippen LogP contribution in [0.4, 0.5) is 8.78 Å². The summed E-state index contributed by atoms with van der Waals surface area (Å²) in [5.41, 5.74) is 0. The highest BCUT2D eigenvalue weighted by Gasteiger charge is 2.26. The van der Waals surface area contributed by atoms with E-state index in [1.165, 1.54) is 0 Å². The Morgan fingerprint density at radius 1 is 1.17 bits per heavy atom. The lowest BCUT2D eigenvalue weighted by atomic mass is 9.97. The van der Waals surface area contributed by atoms with Crippen LogP contribution >= 0.6 is 0 Å². The van der Waals surface area contributed by atoms with Crippen molar-refractivity contribution in [3.05, 3.63) is 0 Å². The van der Waals surface area contributed by atoms with E-state index >= 15 is 0 Å². The van der Waals surface area contributed by atoms with Crippen molar-refractivity contribution in [3.63, 3.8) is 0 Å². The lowest BCUT2D eigenvalue weighted by Gasteiger charge is -2.19.